The zero-order chi connectivity index (χ0) is 17.1. The van der Waals surface area contributed by atoms with Crippen molar-refractivity contribution in [2.24, 2.45) is 0 Å². The zero-order valence-corrected chi connectivity index (χ0v) is 15.0. The minimum atomic E-state index is -0.831. The van der Waals surface area contributed by atoms with Crippen LogP contribution in [0.1, 0.15) is 27.0 Å². The third-order valence-corrected chi connectivity index (χ3v) is 5.83. The minimum Gasteiger partial charge on any atom is -0.448 e. The number of amides is 1. The molecule has 0 unspecified atom stereocenters. The normalized spacial score (nSPS) is 12.1. The molecule has 4 nitrogen and oxygen atoms in total. The summed E-state index contributed by atoms with van der Waals surface area (Å²) >= 11 is 2.96. The molecule has 1 aromatic carbocycles. The van der Waals surface area contributed by atoms with Gasteiger partial charge >= 0.3 is 5.97 Å². The van der Waals surface area contributed by atoms with Crippen LogP contribution in [0.15, 0.2) is 41.8 Å². The monoisotopic (exact) mass is 359 g/mol. The number of esters is 1. The second-order valence-corrected chi connectivity index (χ2v) is 7.48. The van der Waals surface area contributed by atoms with E-state index in [-0.39, 0.29) is 5.91 Å². The molecule has 1 atom stereocenters. The highest BCUT2D eigenvalue weighted by molar-refractivity contribution is 7.21. The summed E-state index contributed by atoms with van der Waals surface area (Å²) in [7, 11) is 0. The lowest BCUT2D eigenvalue weighted by Crippen LogP contribution is -2.35. The highest BCUT2D eigenvalue weighted by Gasteiger charge is 2.22. The lowest BCUT2D eigenvalue weighted by molar-refractivity contribution is -0.129. The average molecular weight is 359 g/mol. The number of fused-ring (bicyclic) bond motifs is 1. The molecule has 0 bridgehead atoms. The number of carbonyl (C=O) groups is 2. The van der Waals surface area contributed by atoms with Crippen molar-refractivity contribution in [3.05, 3.63) is 57.1 Å². The van der Waals surface area contributed by atoms with E-state index in [1.165, 1.54) is 11.3 Å². The first-order valence-corrected chi connectivity index (χ1v) is 9.25. The lowest BCUT2D eigenvalue weighted by Gasteiger charge is -2.12. The van der Waals surface area contributed by atoms with Crippen LogP contribution in [0, 0.1) is 6.92 Å². The third-order valence-electron chi connectivity index (χ3n) is 3.70. The number of benzene rings is 1. The molecule has 0 aliphatic rings. The summed E-state index contributed by atoms with van der Waals surface area (Å²) in [5, 5.41) is 5.78. The number of ether oxygens (including phenoxy) is 1. The summed E-state index contributed by atoms with van der Waals surface area (Å²) in [5.41, 5.74) is 0.895. The Kier molecular flexibility index (Phi) is 4.97. The van der Waals surface area contributed by atoms with Crippen LogP contribution in [0.25, 0.3) is 10.1 Å². The van der Waals surface area contributed by atoms with Gasteiger partial charge in [-0.3, -0.25) is 4.79 Å². The Morgan fingerprint density at radius 3 is 2.71 bits per heavy atom. The number of rotatable bonds is 5. The van der Waals surface area contributed by atoms with Gasteiger partial charge in [0.25, 0.3) is 5.91 Å². The molecule has 2 aromatic heterocycles. The summed E-state index contributed by atoms with van der Waals surface area (Å²) in [4.78, 5) is 26.1. The largest absolute Gasteiger partial charge is 0.448 e. The smallest absolute Gasteiger partial charge is 0.349 e. The molecule has 1 amide bonds. The number of hydrogen-bond acceptors (Lipinski definition) is 5. The van der Waals surface area contributed by atoms with Gasteiger partial charge in [0, 0.05) is 9.58 Å². The summed E-state index contributed by atoms with van der Waals surface area (Å²) in [6.45, 7) is 3.93. The summed E-state index contributed by atoms with van der Waals surface area (Å²) < 4.78 is 6.38. The molecule has 24 heavy (non-hydrogen) atoms. The number of carbonyl (C=O) groups excluding carboxylic acids is 2. The quantitative estimate of drug-likeness (QED) is 0.697. The molecule has 0 saturated carbocycles. The summed E-state index contributed by atoms with van der Waals surface area (Å²) in [5.74, 6) is -0.747. The predicted molar refractivity (Wildman–Crippen MR) is 97.6 cm³/mol. The van der Waals surface area contributed by atoms with Crippen LogP contribution in [-0.4, -0.2) is 18.0 Å². The Bertz CT molecular complexity index is 868. The van der Waals surface area contributed by atoms with Crippen LogP contribution in [0.5, 0.6) is 0 Å². The van der Waals surface area contributed by atoms with Crippen molar-refractivity contribution in [2.45, 2.75) is 26.5 Å². The van der Waals surface area contributed by atoms with Crippen LogP contribution >= 0.6 is 22.7 Å². The van der Waals surface area contributed by atoms with Gasteiger partial charge < -0.3 is 10.1 Å². The van der Waals surface area contributed by atoms with Crippen LogP contribution in [0.2, 0.25) is 0 Å². The van der Waals surface area contributed by atoms with E-state index in [1.54, 1.807) is 18.3 Å². The van der Waals surface area contributed by atoms with E-state index in [9.17, 15) is 9.59 Å². The van der Waals surface area contributed by atoms with Crippen LogP contribution < -0.4 is 5.32 Å². The second-order valence-electron chi connectivity index (χ2n) is 5.40. The average Bonchev–Trinajstić information content (AvgIpc) is 3.21. The Morgan fingerprint density at radius 1 is 1.21 bits per heavy atom. The maximum absolute atomic E-state index is 12.4. The molecule has 0 aliphatic heterocycles. The van der Waals surface area contributed by atoms with Gasteiger partial charge in [-0.05, 0) is 42.3 Å². The SMILES string of the molecule is Cc1c(C(=O)O[C@@H](C)C(=O)NCc2cccs2)sc2ccccc12. The van der Waals surface area contributed by atoms with Gasteiger partial charge in [-0.15, -0.1) is 22.7 Å². The number of aryl methyl sites for hydroxylation is 1. The number of nitrogens with one attached hydrogen (secondary N) is 1. The Morgan fingerprint density at radius 2 is 2.00 bits per heavy atom. The van der Waals surface area contributed by atoms with E-state index in [2.05, 4.69) is 5.32 Å². The molecule has 2 heterocycles. The van der Waals surface area contributed by atoms with Crippen LogP contribution in [-0.2, 0) is 16.1 Å². The van der Waals surface area contributed by atoms with E-state index in [0.717, 1.165) is 20.5 Å². The molecule has 0 aliphatic carbocycles. The fourth-order valence-corrected chi connectivity index (χ4v) is 4.10. The van der Waals surface area contributed by atoms with Gasteiger partial charge in [0.15, 0.2) is 6.10 Å². The highest BCUT2D eigenvalue weighted by Crippen LogP contribution is 2.31. The van der Waals surface area contributed by atoms with Crippen molar-refractivity contribution in [2.75, 3.05) is 0 Å². The molecule has 3 aromatic rings. The molecule has 0 radical (unpaired) electrons. The van der Waals surface area contributed by atoms with Crippen LogP contribution in [0.3, 0.4) is 0 Å². The minimum absolute atomic E-state index is 0.296. The van der Waals surface area contributed by atoms with Crippen molar-refractivity contribution in [1.29, 1.82) is 0 Å². The molecule has 124 valence electrons. The Hall–Kier alpha value is -2.18. The maximum atomic E-state index is 12.4. The molecule has 0 saturated heterocycles. The van der Waals surface area contributed by atoms with Crippen molar-refractivity contribution >= 4 is 44.6 Å². The molecule has 3 rings (SSSR count). The summed E-state index contributed by atoms with van der Waals surface area (Å²) in [6.07, 6.45) is -0.831. The van der Waals surface area contributed by atoms with Gasteiger partial charge in [0.1, 0.15) is 4.88 Å². The van der Waals surface area contributed by atoms with E-state index in [0.29, 0.717) is 11.4 Å². The Balaban J connectivity index is 1.64. The number of hydrogen-bond donors (Lipinski definition) is 1. The third kappa shape index (κ3) is 3.49. The van der Waals surface area contributed by atoms with Crippen molar-refractivity contribution in [3.63, 3.8) is 0 Å². The fourth-order valence-electron chi connectivity index (χ4n) is 2.37. The van der Waals surface area contributed by atoms with E-state index >= 15 is 0 Å². The molecule has 0 fully saturated rings. The lowest BCUT2D eigenvalue weighted by atomic mass is 10.1. The van der Waals surface area contributed by atoms with Crippen LogP contribution in [0.4, 0.5) is 0 Å². The summed E-state index contributed by atoms with van der Waals surface area (Å²) in [6, 6.07) is 11.7. The highest BCUT2D eigenvalue weighted by atomic mass is 32.1. The molecular formula is C18H17NO3S2. The van der Waals surface area contributed by atoms with E-state index < -0.39 is 12.1 Å². The molecule has 6 heteroatoms. The predicted octanol–water partition coefficient (Wildman–Crippen LogP) is 4.13. The van der Waals surface area contributed by atoms with Gasteiger partial charge in [-0.2, -0.15) is 0 Å². The maximum Gasteiger partial charge on any atom is 0.349 e. The van der Waals surface area contributed by atoms with E-state index in [1.807, 2.05) is 48.7 Å². The first kappa shape index (κ1) is 16.7. The number of thiophene rings is 2. The molecular weight excluding hydrogens is 342 g/mol. The van der Waals surface area contributed by atoms with Crippen molar-refractivity contribution in [1.82, 2.24) is 5.32 Å². The molecule has 1 N–H and O–H groups in total. The second kappa shape index (κ2) is 7.15. The van der Waals surface area contributed by atoms with Gasteiger partial charge in [0.2, 0.25) is 0 Å². The van der Waals surface area contributed by atoms with Gasteiger partial charge in [-0.1, -0.05) is 24.3 Å². The zero-order valence-electron chi connectivity index (χ0n) is 13.4. The molecule has 0 spiro atoms. The standard InChI is InChI=1S/C18H17NO3S2/c1-11-14-7-3-4-8-15(14)24-16(11)18(21)22-12(2)17(20)19-10-13-6-5-9-23-13/h3-9,12H,10H2,1-2H3,(H,19,20)/t12-/m0/s1. The fraction of sp³-hybridized carbons (Fsp3) is 0.222. The van der Waals surface area contributed by atoms with E-state index in [4.69, 9.17) is 4.74 Å². The van der Waals surface area contributed by atoms with Gasteiger partial charge in [-0.25, -0.2) is 4.79 Å². The first-order chi connectivity index (χ1) is 11.6. The van der Waals surface area contributed by atoms with Gasteiger partial charge in [0.05, 0.1) is 6.54 Å². The first-order valence-electron chi connectivity index (χ1n) is 7.55. The van der Waals surface area contributed by atoms with Crippen molar-refractivity contribution in [3.8, 4) is 0 Å². The van der Waals surface area contributed by atoms with Crippen molar-refractivity contribution < 1.29 is 14.3 Å². The topological polar surface area (TPSA) is 55.4 Å². The Labute approximate surface area is 148 Å².